The third-order valence-electron chi connectivity index (χ3n) is 2.75. The molecule has 1 unspecified atom stereocenters. The van der Waals surface area contributed by atoms with Gasteiger partial charge in [0.1, 0.15) is 0 Å². The normalized spacial score (nSPS) is 14.8. The van der Waals surface area contributed by atoms with Crippen LogP contribution in [0.15, 0.2) is 0 Å². The minimum absolute atomic E-state index is 0.466. The number of hydrogen-bond acceptors (Lipinski definition) is 1. The van der Waals surface area contributed by atoms with Crippen LogP contribution in [-0.4, -0.2) is 13.1 Å². The molecule has 1 atom stereocenters. The van der Waals surface area contributed by atoms with Gasteiger partial charge in [-0.05, 0) is 24.3 Å². The molecule has 0 aliphatic carbocycles. The maximum absolute atomic E-state index is 3.53. The van der Waals surface area contributed by atoms with E-state index in [9.17, 15) is 0 Å². The fraction of sp³-hybridized carbons (Fsp3) is 1.00. The Labute approximate surface area is 77.9 Å². The van der Waals surface area contributed by atoms with E-state index in [1.807, 2.05) is 0 Å². The third kappa shape index (κ3) is 5.59. The minimum Gasteiger partial charge on any atom is -0.316 e. The van der Waals surface area contributed by atoms with Gasteiger partial charge in [-0.1, -0.05) is 41.0 Å². The lowest BCUT2D eigenvalue weighted by molar-refractivity contribution is 0.317. The highest BCUT2D eigenvalue weighted by Crippen LogP contribution is 2.17. The van der Waals surface area contributed by atoms with Crippen LogP contribution < -0.4 is 5.32 Å². The summed E-state index contributed by atoms with van der Waals surface area (Å²) in [5.74, 6) is 0.817. The predicted molar refractivity (Wildman–Crippen MR) is 56.4 cm³/mol. The molecule has 0 aromatic carbocycles. The van der Waals surface area contributed by atoms with E-state index in [2.05, 4.69) is 39.9 Å². The van der Waals surface area contributed by atoms with E-state index in [0.29, 0.717) is 5.41 Å². The molecule has 12 heavy (non-hydrogen) atoms. The molecule has 0 spiro atoms. The molecule has 0 aliphatic heterocycles. The second-order valence-corrected chi connectivity index (χ2v) is 4.66. The van der Waals surface area contributed by atoms with Crippen molar-refractivity contribution in [2.75, 3.05) is 13.1 Å². The first-order chi connectivity index (χ1) is 5.52. The van der Waals surface area contributed by atoms with Crippen molar-refractivity contribution in [1.29, 1.82) is 0 Å². The quantitative estimate of drug-likeness (QED) is 0.647. The summed E-state index contributed by atoms with van der Waals surface area (Å²) < 4.78 is 0. The Morgan fingerprint density at radius 3 is 2.25 bits per heavy atom. The van der Waals surface area contributed by atoms with Crippen molar-refractivity contribution >= 4 is 0 Å². The maximum atomic E-state index is 3.53. The zero-order valence-electron chi connectivity index (χ0n) is 9.41. The van der Waals surface area contributed by atoms with Gasteiger partial charge in [-0.25, -0.2) is 0 Å². The fourth-order valence-corrected chi connectivity index (χ4v) is 0.926. The van der Waals surface area contributed by atoms with Crippen LogP contribution in [0, 0.1) is 11.3 Å². The molecule has 0 rings (SSSR count). The molecule has 74 valence electrons. The lowest BCUT2D eigenvalue weighted by Crippen LogP contribution is -2.31. The third-order valence-corrected chi connectivity index (χ3v) is 2.75. The molecule has 0 fully saturated rings. The average Bonchev–Trinajstić information content (AvgIpc) is 2.04. The first-order valence-corrected chi connectivity index (χ1v) is 5.22. The van der Waals surface area contributed by atoms with Crippen LogP contribution in [0.5, 0.6) is 0 Å². The molecule has 1 nitrogen and oxygen atoms in total. The van der Waals surface area contributed by atoms with Crippen LogP contribution in [0.4, 0.5) is 0 Å². The van der Waals surface area contributed by atoms with Crippen LogP contribution in [0.1, 0.15) is 47.5 Å². The molecule has 0 saturated heterocycles. The zero-order valence-corrected chi connectivity index (χ0v) is 9.41. The summed E-state index contributed by atoms with van der Waals surface area (Å²) >= 11 is 0. The maximum Gasteiger partial charge on any atom is 0.000253 e. The van der Waals surface area contributed by atoms with E-state index in [-0.39, 0.29) is 0 Å². The van der Waals surface area contributed by atoms with Gasteiger partial charge in [0.05, 0.1) is 0 Å². The van der Waals surface area contributed by atoms with Crippen molar-refractivity contribution in [3.05, 3.63) is 0 Å². The Hall–Kier alpha value is -0.0400. The van der Waals surface area contributed by atoms with Crippen LogP contribution >= 0.6 is 0 Å². The second kappa shape index (κ2) is 5.58. The SMILES string of the molecule is CCC(C)CNCC(C)(C)CC. The van der Waals surface area contributed by atoms with E-state index in [1.54, 1.807) is 0 Å². The molecule has 0 aromatic rings. The molecule has 0 aromatic heterocycles. The van der Waals surface area contributed by atoms with Crippen molar-refractivity contribution in [1.82, 2.24) is 5.32 Å². The number of hydrogen-bond donors (Lipinski definition) is 1. The summed E-state index contributed by atoms with van der Waals surface area (Å²) in [6, 6.07) is 0. The monoisotopic (exact) mass is 171 g/mol. The Bertz CT molecular complexity index is 108. The van der Waals surface area contributed by atoms with Crippen molar-refractivity contribution in [3.8, 4) is 0 Å². The summed E-state index contributed by atoms with van der Waals surface area (Å²) in [6.45, 7) is 13.7. The summed E-state index contributed by atoms with van der Waals surface area (Å²) in [7, 11) is 0. The van der Waals surface area contributed by atoms with Crippen molar-refractivity contribution in [3.63, 3.8) is 0 Å². The Kier molecular flexibility index (Phi) is 5.56. The molecule has 1 N–H and O–H groups in total. The minimum atomic E-state index is 0.466. The lowest BCUT2D eigenvalue weighted by Gasteiger charge is -2.23. The first-order valence-electron chi connectivity index (χ1n) is 5.22. The number of rotatable bonds is 6. The highest BCUT2D eigenvalue weighted by Gasteiger charge is 2.13. The molecule has 0 heterocycles. The zero-order chi connectivity index (χ0) is 9.61. The van der Waals surface area contributed by atoms with Gasteiger partial charge in [-0.15, -0.1) is 0 Å². The van der Waals surface area contributed by atoms with Crippen LogP contribution in [-0.2, 0) is 0 Å². The van der Waals surface area contributed by atoms with Gasteiger partial charge < -0.3 is 5.32 Å². The van der Waals surface area contributed by atoms with Gasteiger partial charge in [0.25, 0.3) is 0 Å². The van der Waals surface area contributed by atoms with Gasteiger partial charge in [0, 0.05) is 6.54 Å². The Morgan fingerprint density at radius 2 is 1.83 bits per heavy atom. The smallest absolute Gasteiger partial charge is 0.000253 e. The van der Waals surface area contributed by atoms with Gasteiger partial charge >= 0.3 is 0 Å². The average molecular weight is 171 g/mol. The van der Waals surface area contributed by atoms with E-state index in [0.717, 1.165) is 12.5 Å². The van der Waals surface area contributed by atoms with Crippen LogP contribution in [0.3, 0.4) is 0 Å². The van der Waals surface area contributed by atoms with Crippen molar-refractivity contribution in [2.24, 2.45) is 11.3 Å². The highest BCUT2D eigenvalue weighted by molar-refractivity contribution is 4.69. The topological polar surface area (TPSA) is 12.0 Å². The van der Waals surface area contributed by atoms with Crippen molar-refractivity contribution in [2.45, 2.75) is 47.5 Å². The number of nitrogens with one attached hydrogen (secondary N) is 1. The molecule has 1 heteroatoms. The summed E-state index contributed by atoms with van der Waals surface area (Å²) in [5, 5.41) is 3.53. The Balaban J connectivity index is 3.42. The molecule has 0 radical (unpaired) electrons. The largest absolute Gasteiger partial charge is 0.316 e. The van der Waals surface area contributed by atoms with Gasteiger partial charge in [0.2, 0.25) is 0 Å². The van der Waals surface area contributed by atoms with E-state index in [4.69, 9.17) is 0 Å². The van der Waals surface area contributed by atoms with Gasteiger partial charge in [-0.2, -0.15) is 0 Å². The first kappa shape index (κ1) is 12.0. The fourth-order valence-electron chi connectivity index (χ4n) is 0.926. The van der Waals surface area contributed by atoms with Crippen LogP contribution in [0.25, 0.3) is 0 Å². The molecule has 0 amide bonds. The van der Waals surface area contributed by atoms with E-state index >= 15 is 0 Å². The van der Waals surface area contributed by atoms with E-state index in [1.165, 1.54) is 19.4 Å². The molecule has 0 saturated carbocycles. The van der Waals surface area contributed by atoms with Crippen molar-refractivity contribution < 1.29 is 0 Å². The molecular formula is C11H25N. The predicted octanol–water partition coefficient (Wildman–Crippen LogP) is 3.06. The van der Waals surface area contributed by atoms with Crippen LogP contribution in [0.2, 0.25) is 0 Å². The standard InChI is InChI=1S/C11H25N/c1-6-10(3)8-12-9-11(4,5)7-2/h10,12H,6-9H2,1-5H3. The molecular weight excluding hydrogens is 146 g/mol. The summed E-state index contributed by atoms with van der Waals surface area (Å²) in [4.78, 5) is 0. The summed E-state index contributed by atoms with van der Waals surface area (Å²) in [5.41, 5.74) is 0.466. The highest BCUT2D eigenvalue weighted by atomic mass is 14.9. The second-order valence-electron chi connectivity index (χ2n) is 4.66. The van der Waals surface area contributed by atoms with Gasteiger partial charge in [-0.3, -0.25) is 0 Å². The Morgan fingerprint density at radius 1 is 1.25 bits per heavy atom. The van der Waals surface area contributed by atoms with E-state index < -0.39 is 0 Å². The summed E-state index contributed by atoms with van der Waals surface area (Å²) in [6.07, 6.45) is 2.53. The molecule has 0 bridgehead atoms. The van der Waals surface area contributed by atoms with Gasteiger partial charge in [0.15, 0.2) is 0 Å². The molecule has 0 aliphatic rings. The lowest BCUT2D eigenvalue weighted by atomic mass is 9.90.